The van der Waals surface area contributed by atoms with Crippen molar-refractivity contribution in [2.45, 2.75) is 19.4 Å². The van der Waals surface area contributed by atoms with E-state index in [0.717, 1.165) is 54.3 Å². The molecule has 2 heterocycles. The SMILES string of the molecule is COc1cccc2[nH]cc(CCNC(=NCc3ccccc3)NCCc3ccco3)c12. The summed E-state index contributed by atoms with van der Waals surface area (Å²) in [5, 5.41) is 8.02. The van der Waals surface area contributed by atoms with Crippen LogP contribution in [0.15, 0.2) is 82.5 Å². The number of H-pyrrole nitrogens is 1. The number of fused-ring (bicyclic) bond motifs is 1. The van der Waals surface area contributed by atoms with E-state index in [9.17, 15) is 0 Å². The van der Waals surface area contributed by atoms with Crippen LogP contribution in [0.3, 0.4) is 0 Å². The Hall–Kier alpha value is -3.67. The van der Waals surface area contributed by atoms with Crippen molar-refractivity contribution in [1.82, 2.24) is 15.6 Å². The molecule has 0 aliphatic heterocycles. The van der Waals surface area contributed by atoms with Gasteiger partial charge in [-0.2, -0.15) is 0 Å². The first-order valence-electron chi connectivity index (χ1n) is 10.5. The normalized spacial score (nSPS) is 11.6. The van der Waals surface area contributed by atoms with Crippen molar-refractivity contribution < 1.29 is 9.15 Å². The third kappa shape index (κ3) is 5.48. The van der Waals surface area contributed by atoms with Gasteiger partial charge in [-0.1, -0.05) is 36.4 Å². The molecule has 6 nitrogen and oxygen atoms in total. The van der Waals surface area contributed by atoms with Crippen molar-refractivity contribution in [3.8, 4) is 5.75 Å². The lowest BCUT2D eigenvalue weighted by molar-refractivity contribution is 0.419. The highest BCUT2D eigenvalue weighted by Gasteiger charge is 2.09. The fourth-order valence-electron chi connectivity index (χ4n) is 3.59. The van der Waals surface area contributed by atoms with Crippen molar-refractivity contribution in [2.24, 2.45) is 4.99 Å². The molecule has 2 aromatic carbocycles. The van der Waals surface area contributed by atoms with Gasteiger partial charge in [0.15, 0.2) is 5.96 Å². The highest BCUT2D eigenvalue weighted by Crippen LogP contribution is 2.28. The van der Waals surface area contributed by atoms with E-state index in [1.54, 1.807) is 13.4 Å². The van der Waals surface area contributed by atoms with E-state index in [2.05, 4.69) is 40.0 Å². The Bertz CT molecular complexity index is 1100. The first kappa shape index (κ1) is 20.6. The van der Waals surface area contributed by atoms with Gasteiger partial charge >= 0.3 is 0 Å². The monoisotopic (exact) mass is 416 g/mol. The standard InChI is InChI=1S/C25H28N4O2/c1-30-23-11-5-10-22-24(23)20(18-28-22)12-14-26-25(27-15-13-21-9-6-16-31-21)29-17-19-7-3-2-4-8-19/h2-11,16,18,28H,12-15,17H2,1H3,(H2,26,27,29). The van der Waals surface area contributed by atoms with E-state index in [-0.39, 0.29) is 0 Å². The Labute approximate surface area is 182 Å². The Morgan fingerprint density at radius 2 is 1.81 bits per heavy atom. The summed E-state index contributed by atoms with van der Waals surface area (Å²) in [5.74, 6) is 2.64. The zero-order valence-corrected chi connectivity index (χ0v) is 17.7. The summed E-state index contributed by atoms with van der Waals surface area (Å²) >= 11 is 0. The number of hydrogen-bond acceptors (Lipinski definition) is 3. The van der Waals surface area contributed by atoms with Crippen LogP contribution in [-0.2, 0) is 19.4 Å². The van der Waals surface area contributed by atoms with Gasteiger partial charge in [0.2, 0.25) is 0 Å². The van der Waals surface area contributed by atoms with E-state index in [1.807, 2.05) is 42.5 Å². The Balaban J connectivity index is 1.39. The number of aliphatic imine (C=N–C) groups is 1. The van der Waals surface area contributed by atoms with Gasteiger partial charge in [0.25, 0.3) is 0 Å². The van der Waals surface area contributed by atoms with E-state index in [1.165, 1.54) is 11.1 Å². The summed E-state index contributed by atoms with van der Waals surface area (Å²) < 4.78 is 11.0. The van der Waals surface area contributed by atoms with Crippen LogP contribution in [0, 0.1) is 0 Å². The van der Waals surface area contributed by atoms with E-state index in [4.69, 9.17) is 14.1 Å². The number of guanidine groups is 1. The van der Waals surface area contributed by atoms with Gasteiger partial charge in [-0.05, 0) is 41.8 Å². The topological polar surface area (TPSA) is 74.6 Å². The summed E-state index contributed by atoms with van der Waals surface area (Å²) in [5.41, 5.74) is 3.48. The molecular formula is C25H28N4O2. The molecule has 0 unspecified atom stereocenters. The number of aromatic nitrogens is 1. The van der Waals surface area contributed by atoms with Crippen molar-refractivity contribution in [1.29, 1.82) is 0 Å². The zero-order valence-electron chi connectivity index (χ0n) is 17.7. The number of rotatable bonds is 9. The second kappa shape index (κ2) is 10.4. The average molecular weight is 417 g/mol. The molecule has 0 atom stereocenters. The quantitative estimate of drug-likeness (QED) is 0.281. The number of nitrogens with zero attached hydrogens (tertiary/aromatic N) is 1. The maximum absolute atomic E-state index is 5.54. The highest BCUT2D eigenvalue weighted by atomic mass is 16.5. The van der Waals surface area contributed by atoms with Gasteiger partial charge < -0.3 is 24.8 Å². The number of nitrogens with one attached hydrogen (secondary N) is 3. The summed E-state index contributed by atoms with van der Waals surface area (Å²) in [6.45, 7) is 2.12. The van der Waals surface area contributed by atoms with Crippen LogP contribution in [-0.4, -0.2) is 31.1 Å². The molecule has 31 heavy (non-hydrogen) atoms. The average Bonchev–Trinajstić information content (AvgIpc) is 3.48. The van der Waals surface area contributed by atoms with E-state index < -0.39 is 0 Å². The van der Waals surface area contributed by atoms with Gasteiger partial charge in [-0.3, -0.25) is 0 Å². The fourth-order valence-corrected chi connectivity index (χ4v) is 3.59. The molecular weight excluding hydrogens is 388 g/mol. The Kier molecular flexibility index (Phi) is 6.90. The third-order valence-corrected chi connectivity index (χ3v) is 5.16. The lowest BCUT2D eigenvalue weighted by atomic mass is 10.1. The lowest BCUT2D eigenvalue weighted by Crippen LogP contribution is -2.39. The minimum Gasteiger partial charge on any atom is -0.496 e. The first-order valence-corrected chi connectivity index (χ1v) is 10.5. The molecule has 0 radical (unpaired) electrons. The molecule has 160 valence electrons. The van der Waals surface area contributed by atoms with Crippen LogP contribution in [0.2, 0.25) is 0 Å². The van der Waals surface area contributed by atoms with Gasteiger partial charge in [0.1, 0.15) is 11.5 Å². The maximum Gasteiger partial charge on any atom is 0.191 e. The molecule has 0 aliphatic carbocycles. The molecule has 4 aromatic rings. The zero-order chi connectivity index (χ0) is 21.3. The van der Waals surface area contributed by atoms with Crippen molar-refractivity contribution >= 4 is 16.9 Å². The van der Waals surface area contributed by atoms with Crippen molar-refractivity contribution in [3.05, 3.63) is 90.0 Å². The lowest BCUT2D eigenvalue weighted by Gasteiger charge is -2.12. The third-order valence-electron chi connectivity index (χ3n) is 5.16. The first-order chi connectivity index (χ1) is 15.3. The summed E-state index contributed by atoms with van der Waals surface area (Å²) in [6, 6.07) is 20.2. The molecule has 0 amide bonds. The van der Waals surface area contributed by atoms with Crippen molar-refractivity contribution in [3.63, 3.8) is 0 Å². The number of ether oxygens (including phenoxy) is 1. The van der Waals surface area contributed by atoms with E-state index in [0.29, 0.717) is 6.54 Å². The molecule has 0 saturated carbocycles. The number of methoxy groups -OCH3 is 1. The molecule has 0 bridgehead atoms. The maximum atomic E-state index is 5.54. The largest absolute Gasteiger partial charge is 0.496 e. The Morgan fingerprint density at radius 1 is 0.968 bits per heavy atom. The van der Waals surface area contributed by atoms with Crippen LogP contribution >= 0.6 is 0 Å². The second-order valence-corrected chi connectivity index (χ2v) is 7.28. The highest BCUT2D eigenvalue weighted by molar-refractivity contribution is 5.89. The smallest absolute Gasteiger partial charge is 0.191 e. The van der Waals surface area contributed by atoms with Crippen LogP contribution in [0.4, 0.5) is 0 Å². The molecule has 0 aliphatic rings. The molecule has 0 spiro atoms. The Morgan fingerprint density at radius 3 is 2.58 bits per heavy atom. The molecule has 4 rings (SSSR count). The van der Waals surface area contributed by atoms with Gasteiger partial charge in [-0.25, -0.2) is 4.99 Å². The van der Waals surface area contributed by atoms with Crippen molar-refractivity contribution in [2.75, 3.05) is 20.2 Å². The van der Waals surface area contributed by atoms with Gasteiger partial charge in [-0.15, -0.1) is 0 Å². The number of hydrogen-bond donors (Lipinski definition) is 3. The van der Waals surface area contributed by atoms with Gasteiger partial charge in [0.05, 0.1) is 19.9 Å². The summed E-state index contributed by atoms with van der Waals surface area (Å²) in [6.07, 6.45) is 5.41. The number of aromatic amines is 1. The minimum atomic E-state index is 0.623. The van der Waals surface area contributed by atoms with Gasteiger partial charge in [0, 0.05) is 36.6 Å². The summed E-state index contributed by atoms with van der Waals surface area (Å²) in [7, 11) is 1.71. The fraction of sp³-hybridized carbons (Fsp3) is 0.240. The predicted octanol–water partition coefficient (Wildman–Crippen LogP) is 4.29. The minimum absolute atomic E-state index is 0.623. The predicted molar refractivity (Wildman–Crippen MR) is 125 cm³/mol. The molecule has 0 saturated heterocycles. The van der Waals surface area contributed by atoms with Crippen LogP contribution in [0.25, 0.3) is 10.9 Å². The molecule has 6 heteroatoms. The number of furan rings is 1. The van der Waals surface area contributed by atoms with E-state index >= 15 is 0 Å². The summed E-state index contributed by atoms with van der Waals surface area (Å²) in [4.78, 5) is 8.09. The van der Waals surface area contributed by atoms with Crippen LogP contribution in [0.1, 0.15) is 16.9 Å². The molecule has 0 fully saturated rings. The van der Waals surface area contributed by atoms with Crippen LogP contribution in [0.5, 0.6) is 5.75 Å². The van der Waals surface area contributed by atoms with Crippen LogP contribution < -0.4 is 15.4 Å². The molecule has 2 aromatic heterocycles. The number of benzene rings is 2. The molecule has 3 N–H and O–H groups in total. The second-order valence-electron chi connectivity index (χ2n) is 7.28.